The highest BCUT2D eigenvalue weighted by Crippen LogP contribution is 2.61. The lowest BCUT2D eigenvalue weighted by molar-refractivity contribution is -0.127. The highest BCUT2D eigenvalue weighted by atomic mass is 35.5. The standard InChI is InChI=1S/C30H31ClN2O5S/c1-37-24-5-3-21(30-13-17-7-18(14-30)9-19(8-17)15-30)10-20(24)11-26-28(35)33(29(36)39-26)16-27(34)32-22-4-6-25(38-2)23(31)12-22/h3-6,10-12,17-19H,7-9,13-16H2,1-2H3,(H,32,34)/b26-11+. The van der Waals surface area contributed by atoms with Gasteiger partial charge in [-0.1, -0.05) is 17.7 Å². The van der Waals surface area contributed by atoms with E-state index in [0.717, 1.165) is 40.0 Å². The molecule has 3 amide bonds. The molecular formula is C30H31ClN2O5S. The summed E-state index contributed by atoms with van der Waals surface area (Å²) < 4.78 is 10.8. The molecule has 0 radical (unpaired) electrons. The first-order valence-electron chi connectivity index (χ1n) is 13.3. The number of methoxy groups -OCH3 is 2. The normalized spacial score (nSPS) is 28.3. The van der Waals surface area contributed by atoms with Crippen molar-refractivity contribution in [2.24, 2.45) is 17.8 Å². The number of rotatable bonds is 7. The van der Waals surface area contributed by atoms with E-state index in [0.29, 0.717) is 22.2 Å². The van der Waals surface area contributed by atoms with Gasteiger partial charge in [-0.3, -0.25) is 19.3 Å². The Morgan fingerprint density at radius 2 is 1.67 bits per heavy atom. The predicted octanol–water partition coefficient (Wildman–Crippen LogP) is 6.50. The molecule has 1 heterocycles. The Bertz CT molecular complexity index is 1350. The van der Waals surface area contributed by atoms with Crippen LogP contribution in [0.2, 0.25) is 5.02 Å². The van der Waals surface area contributed by atoms with E-state index >= 15 is 0 Å². The van der Waals surface area contributed by atoms with Crippen molar-refractivity contribution in [3.05, 3.63) is 57.5 Å². The van der Waals surface area contributed by atoms with E-state index in [1.807, 2.05) is 6.07 Å². The highest BCUT2D eigenvalue weighted by molar-refractivity contribution is 8.18. The van der Waals surface area contributed by atoms with Crippen molar-refractivity contribution in [3.63, 3.8) is 0 Å². The average molecular weight is 567 g/mol. The van der Waals surface area contributed by atoms with Crippen LogP contribution in [-0.4, -0.2) is 42.7 Å². The van der Waals surface area contributed by atoms with Gasteiger partial charge in [0.2, 0.25) is 5.91 Å². The van der Waals surface area contributed by atoms with Crippen LogP contribution >= 0.6 is 23.4 Å². The molecule has 0 atom stereocenters. The Labute approximate surface area is 237 Å². The fraction of sp³-hybridized carbons (Fsp3) is 0.433. The summed E-state index contributed by atoms with van der Waals surface area (Å²) >= 11 is 6.97. The van der Waals surface area contributed by atoms with Gasteiger partial charge in [0.25, 0.3) is 11.1 Å². The molecule has 4 aliphatic carbocycles. The number of anilines is 1. The third kappa shape index (κ3) is 4.93. The van der Waals surface area contributed by atoms with Gasteiger partial charge in [-0.2, -0.15) is 0 Å². The van der Waals surface area contributed by atoms with E-state index in [1.54, 1.807) is 31.4 Å². The van der Waals surface area contributed by atoms with Crippen LogP contribution in [0.1, 0.15) is 49.7 Å². The zero-order valence-electron chi connectivity index (χ0n) is 22.0. The van der Waals surface area contributed by atoms with Crippen molar-refractivity contribution in [2.45, 2.75) is 43.9 Å². The quantitative estimate of drug-likeness (QED) is 0.385. The Balaban J connectivity index is 1.20. The van der Waals surface area contributed by atoms with Gasteiger partial charge in [0.05, 0.1) is 24.1 Å². The summed E-state index contributed by atoms with van der Waals surface area (Å²) in [6, 6.07) is 11.1. The summed E-state index contributed by atoms with van der Waals surface area (Å²) in [5.74, 6) is 2.60. The van der Waals surface area contributed by atoms with Crippen LogP contribution in [0.3, 0.4) is 0 Å². The fourth-order valence-corrected chi connectivity index (χ4v) is 8.59. The number of imide groups is 1. The Morgan fingerprint density at radius 1 is 1.03 bits per heavy atom. The predicted molar refractivity (Wildman–Crippen MR) is 152 cm³/mol. The number of amides is 3. The molecule has 7 nitrogen and oxygen atoms in total. The maximum absolute atomic E-state index is 13.2. The van der Waals surface area contributed by atoms with Crippen molar-refractivity contribution in [3.8, 4) is 11.5 Å². The topological polar surface area (TPSA) is 84.9 Å². The Hall–Kier alpha value is -2.97. The van der Waals surface area contributed by atoms with E-state index in [2.05, 4.69) is 17.4 Å². The lowest BCUT2D eigenvalue weighted by Gasteiger charge is -2.57. The molecule has 4 saturated carbocycles. The molecule has 7 rings (SSSR count). The van der Waals surface area contributed by atoms with Gasteiger partial charge in [0.1, 0.15) is 18.0 Å². The smallest absolute Gasteiger partial charge is 0.294 e. The minimum atomic E-state index is -0.499. The van der Waals surface area contributed by atoms with Gasteiger partial charge >= 0.3 is 0 Å². The summed E-state index contributed by atoms with van der Waals surface area (Å²) in [6.45, 7) is -0.393. The fourth-order valence-electron chi connectivity index (χ4n) is 7.51. The van der Waals surface area contributed by atoms with Gasteiger partial charge in [-0.15, -0.1) is 0 Å². The number of nitrogens with zero attached hydrogens (tertiary/aromatic N) is 1. The van der Waals surface area contributed by atoms with Gasteiger partial charge in [-0.05, 0) is 115 Å². The van der Waals surface area contributed by atoms with Crippen molar-refractivity contribution < 1.29 is 23.9 Å². The summed E-state index contributed by atoms with van der Waals surface area (Å²) in [5.41, 5.74) is 2.74. The molecule has 1 N–H and O–H groups in total. The summed E-state index contributed by atoms with van der Waals surface area (Å²) in [5, 5.41) is 2.54. The van der Waals surface area contributed by atoms with Crippen LogP contribution in [0.25, 0.3) is 6.08 Å². The summed E-state index contributed by atoms with van der Waals surface area (Å²) in [6.07, 6.45) is 9.54. The number of ether oxygens (including phenoxy) is 2. The van der Waals surface area contributed by atoms with Gasteiger partial charge in [-0.25, -0.2) is 0 Å². The van der Waals surface area contributed by atoms with E-state index in [-0.39, 0.29) is 10.3 Å². The van der Waals surface area contributed by atoms with E-state index < -0.39 is 23.6 Å². The second kappa shape index (κ2) is 10.2. The number of hydrogen-bond acceptors (Lipinski definition) is 6. The summed E-state index contributed by atoms with van der Waals surface area (Å²) in [4.78, 5) is 39.9. The van der Waals surface area contributed by atoms with Crippen LogP contribution in [0.4, 0.5) is 10.5 Å². The van der Waals surface area contributed by atoms with Gasteiger partial charge < -0.3 is 14.8 Å². The number of thioether (sulfide) groups is 1. The maximum atomic E-state index is 13.2. The van der Waals surface area contributed by atoms with Crippen LogP contribution in [0.15, 0.2) is 41.3 Å². The number of benzene rings is 2. The molecule has 2 aromatic rings. The highest BCUT2D eigenvalue weighted by Gasteiger charge is 2.51. The monoisotopic (exact) mass is 566 g/mol. The van der Waals surface area contributed by atoms with E-state index in [9.17, 15) is 14.4 Å². The Morgan fingerprint density at radius 3 is 2.28 bits per heavy atom. The third-order valence-electron chi connectivity index (χ3n) is 8.78. The third-order valence-corrected chi connectivity index (χ3v) is 9.98. The molecule has 4 bridgehead atoms. The van der Waals surface area contributed by atoms with Crippen LogP contribution in [-0.2, 0) is 15.0 Å². The second-order valence-electron chi connectivity index (χ2n) is 11.3. The maximum Gasteiger partial charge on any atom is 0.294 e. The average Bonchev–Trinajstić information content (AvgIpc) is 3.15. The Kier molecular flexibility index (Phi) is 6.88. The first kappa shape index (κ1) is 26.3. The zero-order valence-corrected chi connectivity index (χ0v) is 23.6. The van der Waals surface area contributed by atoms with Crippen molar-refractivity contribution in [1.29, 1.82) is 0 Å². The number of hydrogen-bond donors (Lipinski definition) is 1. The zero-order chi connectivity index (χ0) is 27.3. The molecule has 39 heavy (non-hydrogen) atoms. The van der Waals surface area contributed by atoms with Crippen LogP contribution in [0, 0.1) is 17.8 Å². The number of halogens is 1. The molecular weight excluding hydrogens is 536 g/mol. The second-order valence-corrected chi connectivity index (χ2v) is 12.7. The molecule has 9 heteroatoms. The molecule has 1 saturated heterocycles. The SMILES string of the molecule is COc1ccc(NC(=O)CN2C(=O)S/C(=C/c3cc(C45CC6CC(CC(C6)C4)C5)ccc3OC)C2=O)cc1Cl. The van der Waals surface area contributed by atoms with Crippen LogP contribution < -0.4 is 14.8 Å². The molecule has 5 aliphatic rings. The summed E-state index contributed by atoms with van der Waals surface area (Å²) in [7, 11) is 3.11. The first-order chi connectivity index (χ1) is 18.8. The van der Waals surface area contributed by atoms with Gasteiger partial charge in [0, 0.05) is 11.3 Å². The van der Waals surface area contributed by atoms with E-state index in [4.69, 9.17) is 21.1 Å². The van der Waals surface area contributed by atoms with Crippen molar-refractivity contribution in [2.75, 3.05) is 26.1 Å². The molecule has 0 unspecified atom stereocenters. The molecule has 0 spiro atoms. The van der Waals surface area contributed by atoms with Crippen molar-refractivity contribution >= 4 is 52.2 Å². The number of nitrogens with one attached hydrogen (secondary N) is 1. The molecule has 0 aromatic heterocycles. The molecule has 5 fully saturated rings. The molecule has 1 aliphatic heterocycles. The van der Waals surface area contributed by atoms with Crippen LogP contribution in [0.5, 0.6) is 11.5 Å². The van der Waals surface area contributed by atoms with E-state index in [1.165, 1.54) is 51.2 Å². The lowest BCUT2D eigenvalue weighted by atomic mass is 9.48. The minimum Gasteiger partial charge on any atom is -0.496 e. The van der Waals surface area contributed by atoms with Gasteiger partial charge in [0.15, 0.2) is 0 Å². The first-order valence-corrected chi connectivity index (χ1v) is 14.5. The number of carbonyl (C=O) groups is 3. The number of carbonyl (C=O) groups excluding carboxylic acids is 3. The molecule has 204 valence electrons. The largest absolute Gasteiger partial charge is 0.496 e. The minimum absolute atomic E-state index is 0.200. The molecule has 2 aromatic carbocycles. The lowest BCUT2D eigenvalue weighted by Crippen LogP contribution is -2.48. The van der Waals surface area contributed by atoms with Crippen molar-refractivity contribution in [1.82, 2.24) is 4.90 Å².